The molecule has 0 unspecified atom stereocenters. The molecule has 3 aromatic rings. The Kier molecular flexibility index (Phi) is 6.92. The summed E-state index contributed by atoms with van der Waals surface area (Å²) in [5.74, 6) is 2.52. The molecule has 0 atom stereocenters. The molecule has 168 valence electrons. The average molecular weight is 457 g/mol. The van der Waals surface area contributed by atoms with Crippen molar-refractivity contribution in [2.45, 2.75) is 13.5 Å². The van der Waals surface area contributed by atoms with Crippen molar-refractivity contribution in [2.24, 2.45) is 0 Å². The molecule has 1 aliphatic rings. The largest absolute Gasteiger partial charge is 0.497 e. The first-order valence-electron chi connectivity index (χ1n) is 10.4. The smallest absolute Gasteiger partial charge is 0.260 e. The van der Waals surface area contributed by atoms with Crippen molar-refractivity contribution in [3.05, 3.63) is 58.9 Å². The summed E-state index contributed by atoms with van der Waals surface area (Å²) in [6.07, 6.45) is 0. The number of amides is 1. The van der Waals surface area contributed by atoms with Crippen LogP contribution < -0.4 is 9.47 Å². The summed E-state index contributed by atoms with van der Waals surface area (Å²) < 4.78 is 16.3. The topological polar surface area (TPSA) is 80.9 Å². The zero-order valence-corrected chi connectivity index (χ0v) is 18.8. The van der Waals surface area contributed by atoms with Crippen LogP contribution in [-0.4, -0.2) is 65.7 Å². The van der Waals surface area contributed by atoms with Gasteiger partial charge in [-0.2, -0.15) is 4.98 Å². The lowest BCUT2D eigenvalue weighted by Crippen LogP contribution is -2.49. The fourth-order valence-corrected chi connectivity index (χ4v) is 3.76. The van der Waals surface area contributed by atoms with E-state index in [1.165, 1.54) is 0 Å². The second-order valence-electron chi connectivity index (χ2n) is 7.60. The fourth-order valence-electron chi connectivity index (χ4n) is 3.53. The van der Waals surface area contributed by atoms with Crippen LogP contribution in [0, 0.1) is 6.92 Å². The van der Waals surface area contributed by atoms with E-state index in [2.05, 4.69) is 15.0 Å². The van der Waals surface area contributed by atoms with Gasteiger partial charge in [-0.15, -0.1) is 0 Å². The van der Waals surface area contributed by atoms with Gasteiger partial charge in [-0.05, 0) is 55.0 Å². The molecule has 8 nitrogen and oxygen atoms in total. The minimum Gasteiger partial charge on any atom is -0.497 e. The Hall–Kier alpha value is -3.10. The standard InChI is InChI=1S/C23H25ClN4O4/c1-16-13-18(24)5-8-20(16)31-15-22(29)28-11-9-27(10-12-28)14-21-25-23(26-32-21)17-3-6-19(30-2)7-4-17/h3-8,13H,9-12,14-15H2,1-2H3. The van der Waals surface area contributed by atoms with Crippen LogP contribution in [0.3, 0.4) is 0 Å². The molecule has 0 bridgehead atoms. The summed E-state index contributed by atoms with van der Waals surface area (Å²) in [5.41, 5.74) is 1.77. The Morgan fingerprint density at radius 3 is 2.56 bits per heavy atom. The molecule has 9 heteroatoms. The molecule has 32 heavy (non-hydrogen) atoms. The average Bonchev–Trinajstić information content (AvgIpc) is 3.27. The molecule has 1 amide bonds. The van der Waals surface area contributed by atoms with Crippen LogP contribution in [0.4, 0.5) is 0 Å². The summed E-state index contributed by atoms with van der Waals surface area (Å²) in [5, 5.41) is 4.72. The molecule has 0 N–H and O–H groups in total. The molecule has 1 saturated heterocycles. The summed E-state index contributed by atoms with van der Waals surface area (Å²) >= 11 is 5.96. The quantitative estimate of drug-likeness (QED) is 0.538. The van der Waals surface area contributed by atoms with Gasteiger partial charge in [0.25, 0.3) is 5.91 Å². The lowest BCUT2D eigenvalue weighted by Gasteiger charge is -2.33. The SMILES string of the molecule is COc1ccc(-c2noc(CN3CCN(C(=O)COc4ccc(Cl)cc4C)CC3)n2)cc1. The Morgan fingerprint density at radius 2 is 1.88 bits per heavy atom. The highest BCUT2D eigenvalue weighted by Gasteiger charge is 2.23. The van der Waals surface area contributed by atoms with Crippen molar-refractivity contribution < 1.29 is 18.8 Å². The van der Waals surface area contributed by atoms with Gasteiger partial charge < -0.3 is 18.9 Å². The number of carbonyl (C=O) groups excluding carboxylic acids is 1. The number of aromatic nitrogens is 2. The lowest BCUT2D eigenvalue weighted by molar-refractivity contribution is -0.135. The normalized spacial score (nSPS) is 14.4. The zero-order valence-electron chi connectivity index (χ0n) is 18.1. The van der Waals surface area contributed by atoms with E-state index in [0.717, 1.165) is 30.0 Å². The molecular weight excluding hydrogens is 432 g/mol. The first-order chi connectivity index (χ1) is 15.5. The highest BCUT2D eigenvalue weighted by molar-refractivity contribution is 6.30. The van der Waals surface area contributed by atoms with Gasteiger partial charge >= 0.3 is 0 Å². The predicted molar refractivity (Wildman–Crippen MR) is 120 cm³/mol. The van der Waals surface area contributed by atoms with Gasteiger partial charge in [0.15, 0.2) is 6.61 Å². The number of ether oxygens (including phenoxy) is 2. The number of methoxy groups -OCH3 is 1. The second kappa shape index (κ2) is 10.0. The number of hydrogen-bond acceptors (Lipinski definition) is 7. The van der Waals surface area contributed by atoms with E-state index in [-0.39, 0.29) is 12.5 Å². The Labute approximate surface area is 191 Å². The third kappa shape index (κ3) is 5.38. The fraction of sp³-hybridized carbons (Fsp3) is 0.348. The van der Waals surface area contributed by atoms with Crippen LogP contribution in [0.2, 0.25) is 5.02 Å². The van der Waals surface area contributed by atoms with Crippen molar-refractivity contribution in [1.82, 2.24) is 19.9 Å². The van der Waals surface area contributed by atoms with Crippen molar-refractivity contribution in [1.29, 1.82) is 0 Å². The van der Waals surface area contributed by atoms with E-state index < -0.39 is 0 Å². The van der Waals surface area contributed by atoms with Crippen LogP contribution in [0.15, 0.2) is 47.0 Å². The van der Waals surface area contributed by atoms with Crippen molar-refractivity contribution >= 4 is 17.5 Å². The van der Waals surface area contributed by atoms with Crippen LogP contribution in [0.5, 0.6) is 11.5 Å². The molecule has 1 aliphatic heterocycles. The monoisotopic (exact) mass is 456 g/mol. The summed E-state index contributed by atoms with van der Waals surface area (Å²) in [4.78, 5) is 21.0. The molecular formula is C23H25ClN4O4. The molecule has 1 fully saturated rings. The molecule has 0 saturated carbocycles. The minimum absolute atomic E-state index is 0.0113. The van der Waals surface area contributed by atoms with Gasteiger partial charge in [0.1, 0.15) is 11.5 Å². The van der Waals surface area contributed by atoms with Gasteiger partial charge in [-0.1, -0.05) is 16.8 Å². The summed E-state index contributed by atoms with van der Waals surface area (Å²) in [7, 11) is 1.63. The number of benzene rings is 2. The van der Waals surface area contributed by atoms with Gasteiger partial charge in [0.05, 0.1) is 13.7 Å². The van der Waals surface area contributed by atoms with Crippen LogP contribution >= 0.6 is 11.6 Å². The zero-order chi connectivity index (χ0) is 22.5. The van der Waals surface area contributed by atoms with Gasteiger partial charge in [0, 0.05) is 36.8 Å². The maximum atomic E-state index is 12.5. The van der Waals surface area contributed by atoms with Crippen LogP contribution in [0.25, 0.3) is 11.4 Å². The molecule has 2 heterocycles. The highest BCUT2D eigenvalue weighted by atomic mass is 35.5. The number of aryl methyl sites for hydroxylation is 1. The summed E-state index contributed by atoms with van der Waals surface area (Å²) in [6.45, 7) is 5.17. The Bertz CT molecular complexity index is 1060. The van der Waals surface area contributed by atoms with E-state index in [4.69, 9.17) is 25.6 Å². The van der Waals surface area contributed by atoms with Gasteiger partial charge in [-0.25, -0.2) is 0 Å². The van der Waals surface area contributed by atoms with E-state index in [9.17, 15) is 4.79 Å². The number of nitrogens with zero attached hydrogens (tertiary/aromatic N) is 4. The molecule has 2 aromatic carbocycles. The number of hydrogen-bond donors (Lipinski definition) is 0. The van der Waals surface area contributed by atoms with Crippen molar-refractivity contribution in [3.8, 4) is 22.9 Å². The minimum atomic E-state index is -0.0291. The van der Waals surface area contributed by atoms with E-state index >= 15 is 0 Å². The summed E-state index contributed by atoms with van der Waals surface area (Å²) in [6, 6.07) is 12.9. The lowest BCUT2D eigenvalue weighted by atomic mass is 10.2. The van der Waals surface area contributed by atoms with Crippen molar-refractivity contribution in [2.75, 3.05) is 39.9 Å². The second-order valence-corrected chi connectivity index (χ2v) is 8.03. The van der Waals surface area contributed by atoms with Crippen LogP contribution in [-0.2, 0) is 11.3 Å². The molecule has 4 rings (SSSR count). The maximum absolute atomic E-state index is 12.5. The van der Waals surface area contributed by atoms with Crippen molar-refractivity contribution in [3.63, 3.8) is 0 Å². The number of carbonyl (C=O) groups is 1. The highest BCUT2D eigenvalue weighted by Crippen LogP contribution is 2.22. The molecule has 1 aromatic heterocycles. The maximum Gasteiger partial charge on any atom is 0.260 e. The first kappa shape index (κ1) is 22.1. The third-order valence-electron chi connectivity index (χ3n) is 5.39. The van der Waals surface area contributed by atoms with Gasteiger partial charge in [0.2, 0.25) is 11.7 Å². The number of halogens is 1. The molecule has 0 aliphatic carbocycles. The number of rotatable bonds is 7. The number of piperazine rings is 1. The van der Waals surface area contributed by atoms with Crippen LogP contribution in [0.1, 0.15) is 11.5 Å². The Morgan fingerprint density at radius 1 is 1.12 bits per heavy atom. The molecule has 0 radical (unpaired) electrons. The third-order valence-corrected chi connectivity index (χ3v) is 5.62. The molecule has 0 spiro atoms. The Balaban J connectivity index is 1.25. The predicted octanol–water partition coefficient (Wildman–Crippen LogP) is 3.43. The van der Waals surface area contributed by atoms with Gasteiger partial charge in [-0.3, -0.25) is 9.69 Å². The van der Waals surface area contributed by atoms with E-state index in [1.54, 1.807) is 19.2 Å². The first-order valence-corrected chi connectivity index (χ1v) is 10.8. The van der Waals surface area contributed by atoms with E-state index in [0.29, 0.717) is 42.1 Å². The van der Waals surface area contributed by atoms with E-state index in [1.807, 2.05) is 42.2 Å².